The lowest BCUT2D eigenvalue weighted by molar-refractivity contribution is -0.128. The van der Waals surface area contributed by atoms with Gasteiger partial charge in [0.05, 0.1) is 11.2 Å². The molecule has 3 atom stereocenters. The standard InChI is InChI=1S/C14H27NO2S/c1-3-15-7-5-13(2,16)12-4-8-17-14(10-12)6-9-18-11-14/h12,15-16H,3-11H2,1-2H3. The van der Waals surface area contributed by atoms with Crippen molar-refractivity contribution in [2.75, 3.05) is 31.2 Å². The minimum Gasteiger partial charge on any atom is -0.390 e. The lowest BCUT2D eigenvalue weighted by Crippen LogP contribution is -2.48. The van der Waals surface area contributed by atoms with E-state index in [4.69, 9.17) is 4.74 Å². The molecule has 0 amide bonds. The molecule has 3 nitrogen and oxygen atoms in total. The molecule has 0 aromatic heterocycles. The second-order valence-electron chi connectivity index (χ2n) is 5.98. The summed E-state index contributed by atoms with van der Waals surface area (Å²) in [7, 11) is 0. The molecule has 2 fully saturated rings. The number of nitrogens with one attached hydrogen (secondary N) is 1. The van der Waals surface area contributed by atoms with E-state index in [0.29, 0.717) is 5.92 Å². The van der Waals surface area contributed by atoms with Crippen LogP contribution in [0.5, 0.6) is 0 Å². The third-order valence-corrected chi connectivity index (χ3v) is 5.72. The predicted octanol–water partition coefficient (Wildman–Crippen LogP) is 2.04. The molecular formula is C14H27NO2S. The van der Waals surface area contributed by atoms with Gasteiger partial charge in [0.2, 0.25) is 0 Å². The van der Waals surface area contributed by atoms with E-state index in [1.807, 2.05) is 18.7 Å². The van der Waals surface area contributed by atoms with Crippen molar-refractivity contribution in [2.45, 2.75) is 50.7 Å². The maximum absolute atomic E-state index is 10.7. The number of hydrogen-bond donors (Lipinski definition) is 2. The van der Waals surface area contributed by atoms with Crippen LogP contribution in [0.4, 0.5) is 0 Å². The Morgan fingerprint density at radius 2 is 2.39 bits per heavy atom. The van der Waals surface area contributed by atoms with Gasteiger partial charge >= 0.3 is 0 Å². The van der Waals surface area contributed by atoms with Gasteiger partial charge in [0.15, 0.2) is 0 Å². The summed E-state index contributed by atoms with van der Waals surface area (Å²) in [5.74, 6) is 2.72. The summed E-state index contributed by atoms with van der Waals surface area (Å²) in [5.41, 5.74) is -0.470. The van der Waals surface area contributed by atoms with Gasteiger partial charge in [0, 0.05) is 12.4 Å². The summed E-state index contributed by atoms with van der Waals surface area (Å²) < 4.78 is 6.03. The fourth-order valence-electron chi connectivity index (χ4n) is 3.14. The van der Waals surface area contributed by atoms with Crippen LogP contribution in [-0.2, 0) is 4.74 Å². The summed E-state index contributed by atoms with van der Waals surface area (Å²) in [4.78, 5) is 0. The van der Waals surface area contributed by atoms with Gasteiger partial charge in [-0.3, -0.25) is 0 Å². The Morgan fingerprint density at radius 3 is 3.06 bits per heavy atom. The highest BCUT2D eigenvalue weighted by Gasteiger charge is 2.45. The molecule has 18 heavy (non-hydrogen) atoms. The Bertz CT molecular complexity index is 265. The van der Waals surface area contributed by atoms with E-state index in [-0.39, 0.29) is 5.60 Å². The topological polar surface area (TPSA) is 41.5 Å². The first-order valence-electron chi connectivity index (χ1n) is 7.23. The van der Waals surface area contributed by atoms with Crippen molar-refractivity contribution in [1.82, 2.24) is 5.32 Å². The number of thioether (sulfide) groups is 1. The van der Waals surface area contributed by atoms with Gasteiger partial charge in [-0.05, 0) is 57.4 Å². The third-order valence-electron chi connectivity index (χ3n) is 4.50. The molecule has 2 rings (SSSR count). The fraction of sp³-hybridized carbons (Fsp3) is 1.00. The van der Waals surface area contributed by atoms with Crippen molar-refractivity contribution in [3.05, 3.63) is 0 Å². The monoisotopic (exact) mass is 273 g/mol. The third kappa shape index (κ3) is 3.41. The molecule has 2 aliphatic heterocycles. The van der Waals surface area contributed by atoms with Crippen LogP contribution in [0, 0.1) is 5.92 Å². The first-order chi connectivity index (χ1) is 8.58. The van der Waals surface area contributed by atoms with E-state index in [9.17, 15) is 5.11 Å². The minimum atomic E-state index is -0.549. The normalized spacial score (nSPS) is 35.8. The van der Waals surface area contributed by atoms with Crippen molar-refractivity contribution in [3.63, 3.8) is 0 Å². The maximum atomic E-state index is 10.7. The molecule has 0 aromatic rings. The van der Waals surface area contributed by atoms with Crippen molar-refractivity contribution in [3.8, 4) is 0 Å². The average molecular weight is 273 g/mol. The van der Waals surface area contributed by atoms with Gasteiger partial charge in [0.25, 0.3) is 0 Å². The molecular weight excluding hydrogens is 246 g/mol. The summed E-state index contributed by atoms with van der Waals surface area (Å²) in [5, 5.41) is 14.0. The zero-order valence-corrected chi connectivity index (χ0v) is 12.5. The predicted molar refractivity (Wildman–Crippen MR) is 77.1 cm³/mol. The second kappa shape index (κ2) is 6.12. The average Bonchev–Trinajstić information content (AvgIpc) is 2.77. The molecule has 1 spiro atoms. The van der Waals surface area contributed by atoms with E-state index >= 15 is 0 Å². The zero-order chi connectivity index (χ0) is 13.1. The number of rotatable bonds is 5. The molecule has 0 aromatic carbocycles. The summed E-state index contributed by atoms with van der Waals surface area (Å²) in [6, 6.07) is 0. The summed E-state index contributed by atoms with van der Waals surface area (Å²) in [6.07, 6.45) is 4.05. The zero-order valence-electron chi connectivity index (χ0n) is 11.7. The molecule has 3 unspecified atom stereocenters. The minimum absolute atomic E-state index is 0.0791. The van der Waals surface area contributed by atoms with Gasteiger partial charge in [0.1, 0.15) is 0 Å². The highest BCUT2D eigenvalue weighted by atomic mass is 32.2. The van der Waals surface area contributed by atoms with E-state index in [1.165, 1.54) is 5.75 Å². The van der Waals surface area contributed by atoms with E-state index in [2.05, 4.69) is 12.2 Å². The van der Waals surface area contributed by atoms with Crippen molar-refractivity contribution >= 4 is 11.8 Å². The van der Waals surface area contributed by atoms with Crippen LogP contribution in [0.1, 0.15) is 39.5 Å². The highest BCUT2D eigenvalue weighted by molar-refractivity contribution is 7.99. The van der Waals surface area contributed by atoms with E-state index in [0.717, 1.165) is 51.1 Å². The van der Waals surface area contributed by atoms with Gasteiger partial charge in [-0.1, -0.05) is 6.92 Å². The largest absolute Gasteiger partial charge is 0.390 e. The van der Waals surface area contributed by atoms with Crippen LogP contribution in [-0.4, -0.2) is 47.5 Å². The molecule has 2 aliphatic rings. The van der Waals surface area contributed by atoms with Gasteiger partial charge in [-0.15, -0.1) is 0 Å². The Labute approximate surface area is 115 Å². The molecule has 0 aliphatic carbocycles. The SMILES string of the molecule is CCNCCC(C)(O)C1CCOC2(CCSC2)C1. The smallest absolute Gasteiger partial charge is 0.0784 e. The van der Waals surface area contributed by atoms with Crippen molar-refractivity contribution in [1.29, 1.82) is 0 Å². The first kappa shape index (κ1) is 14.6. The van der Waals surface area contributed by atoms with Crippen LogP contribution in [0.3, 0.4) is 0 Å². The number of hydrogen-bond acceptors (Lipinski definition) is 4. The Morgan fingerprint density at radius 1 is 1.56 bits per heavy atom. The van der Waals surface area contributed by atoms with Gasteiger partial charge in [-0.2, -0.15) is 11.8 Å². The van der Waals surface area contributed by atoms with Crippen LogP contribution in [0.25, 0.3) is 0 Å². The Kier molecular flexibility index (Phi) is 4.98. The second-order valence-corrected chi connectivity index (χ2v) is 7.09. The quantitative estimate of drug-likeness (QED) is 0.752. The van der Waals surface area contributed by atoms with Gasteiger partial charge in [-0.25, -0.2) is 0 Å². The van der Waals surface area contributed by atoms with E-state index in [1.54, 1.807) is 0 Å². The van der Waals surface area contributed by atoms with Crippen LogP contribution < -0.4 is 5.32 Å². The summed E-state index contributed by atoms with van der Waals surface area (Å²) in [6.45, 7) is 6.82. The molecule has 2 N–H and O–H groups in total. The van der Waals surface area contributed by atoms with E-state index < -0.39 is 5.60 Å². The summed E-state index contributed by atoms with van der Waals surface area (Å²) >= 11 is 1.99. The molecule has 2 heterocycles. The van der Waals surface area contributed by atoms with Crippen molar-refractivity contribution < 1.29 is 9.84 Å². The van der Waals surface area contributed by atoms with Crippen LogP contribution in [0.15, 0.2) is 0 Å². The van der Waals surface area contributed by atoms with Crippen LogP contribution in [0.2, 0.25) is 0 Å². The molecule has 0 saturated carbocycles. The Balaban J connectivity index is 1.90. The lowest BCUT2D eigenvalue weighted by Gasteiger charge is -2.43. The number of aliphatic hydroxyl groups is 1. The van der Waals surface area contributed by atoms with Crippen molar-refractivity contribution in [2.24, 2.45) is 5.92 Å². The van der Waals surface area contributed by atoms with Crippen LogP contribution >= 0.6 is 11.8 Å². The molecule has 0 bridgehead atoms. The maximum Gasteiger partial charge on any atom is 0.0784 e. The molecule has 0 radical (unpaired) electrons. The lowest BCUT2D eigenvalue weighted by atomic mass is 9.75. The molecule has 2 saturated heterocycles. The first-order valence-corrected chi connectivity index (χ1v) is 8.38. The Hall–Kier alpha value is 0.230. The molecule has 4 heteroatoms. The highest BCUT2D eigenvalue weighted by Crippen LogP contribution is 2.44. The number of ether oxygens (including phenoxy) is 1. The molecule has 106 valence electrons. The fourth-order valence-corrected chi connectivity index (χ4v) is 4.52. The van der Waals surface area contributed by atoms with Gasteiger partial charge < -0.3 is 15.2 Å².